The highest BCUT2D eigenvalue weighted by Gasteiger charge is 2.17. The summed E-state index contributed by atoms with van der Waals surface area (Å²) >= 11 is 1.29. The van der Waals surface area contributed by atoms with E-state index in [4.69, 9.17) is 9.47 Å². The van der Waals surface area contributed by atoms with Crippen LogP contribution in [0.2, 0.25) is 0 Å². The van der Waals surface area contributed by atoms with Crippen LogP contribution in [0.25, 0.3) is 17.1 Å². The van der Waals surface area contributed by atoms with Gasteiger partial charge in [-0.3, -0.25) is 9.36 Å². The van der Waals surface area contributed by atoms with Gasteiger partial charge in [0.05, 0.1) is 26.2 Å². The molecule has 0 fully saturated rings. The number of nitrogens with one attached hydrogen (secondary N) is 1. The van der Waals surface area contributed by atoms with E-state index in [9.17, 15) is 4.79 Å². The number of thioether (sulfide) groups is 1. The molecule has 0 aliphatic heterocycles. The zero-order valence-corrected chi connectivity index (χ0v) is 20.5. The second-order valence-corrected chi connectivity index (χ2v) is 8.47. The Hall–Kier alpha value is -4.11. The van der Waals surface area contributed by atoms with Crippen LogP contribution in [-0.2, 0) is 4.79 Å². The Labute approximate surface area is 208 Å². The third kappa shape index (κ3) is 5.88. The second-order valence-electron chi connectivity index (χ2n) is 7.53. The first-order valence-corrected chi connectivity index (χ1v) is 11.8. The number of aryl methyl sites for hydroxylation is 1. The highest BCUT2D eigenvalue weighted by Crippen LogP contribution is 2.29. The number of carbonyl (C=O) groups excluding carboxylic acids is 1. The normalized spacial score (nSPS) is 10.9. The summed E-state index contributed by atoms with van der Waals surface area (Å²) in [6.07, 6.45) is 1.55. The van der Waals surface area contributed by atoms with Crippen molar-refractivity contribution in [3.8, 4) is 28.6 Å². The maximum absolute atomic E-state index is 12.5. The van der Waals surface area contributed by atoms with Crippen molar-refractivity contribution in [1.29, 1.82) is 0 Å². The fraction of sp³-hybridized carbons (Fsp3) is 0.154. The van der Waals surface area contributed by atoms with E-state index in [2.05, 4.69) is 20.7 Å². The van der Waals surface area contributed by atoms with Gasteiger partial charge in [-0.15, -0.1) is 10.2 Å². The maximum Gasteiger partial charge on any atom is 0.250 e. The van der Waals surface area contributed by atoms with Crippen molar-refractivity contribution >= 4 is 23.9 Å². The molecule has 1 amide bonds. The topological polar surface area (TPSA) is 90.6 Å². The summed E-state index contributed by atoms with van der Waals surface area (Å²) in [4.78, 5) is 12.5. The molecule has 9 heteroatoms. The van der Waals surface area contributed by atoms with E-state index in [1.54, 1.807) is 20.4 Å². The predicted octanol–water partition coefficient (Wildman–Crippen LogP) is 4.50. The fourth-order valence-corrected chi connectivity index (χ4v) is 4.07. The summed E-state index contributed by atoms with van der Waals surface area (Å²) < 4.78 is 12.5. The molecule has 4 rings (SSSR count). The number of nitrogens with zero attached hydrogens (tertiary/aromatic N) is 4. The second kappa shape index (κ2) is 11.3. The largest absolute Gasteiger partial charge is 0.497 e. The smallest absolute Gasteiger partial charge is 0.250 e. The number of hydrazone groups is 1. The lowest BCUT2D eigenvalue weighted by atomic mass is 10.2. The number of para-hydroxylation sites is 1. The van der Waals surface area contributed by atoms with Gasteiger partial charge in [0.2, 0.25) is 0 Å². The van der Waals surface area contributed by atoms with E-state index in [0.29, 0.717) is 16.7 Å². The molecule has 1 N–H and O–H groups in total. The Kier molecular flexibility index (Phi) is 7.79. The van der Waals surface area contributed by atoms with Gasteiger partial charge in [-0.25, -0.2) is 5.43 Å². The highest BCUT2D eigenvalue weighted by atomic mass is 32.2. The van der Waals surface area contributed by atoms with Crippen molar-refractivity contribution in [1.82, 2.24) is 20.2 Å². The minimum absolute atomic E-state index is 0.121. The van der Waals surface area contributed by atoms with Crippen LogP contribution in [0, 0.1) is 6.92 Å². The molecule has 4 aromatic rings. The molecular weight excluding hydrogens is 462 g/mol. The van der Waals surface area contributed by atoms with Gasteiger partial charge >= 0.3 is 0 Å². The summed E-state index contributed by atoms with van der Waals surface area (Å²) in [5.41, 5.74) is 6.26. The summed E-state index contributed by atoms with van der Waals surface area (Å²) in [5.74, 6) is 1.97. The molecule has 35 heavy (non-hydrogen) atoms. The quantitative estimate of drug-likeness (QED) is 0.212. The predicted molar refractivity (Wildman–Crippen MR) is 138 cm³/mol. The molecule has 3 aromatic carbocycles. The van der Waals surface area contributed by atoms with Gasteiger partial charge in [0.1, 0.15) is 11.5 Å². The Balaban J connectivity index is 1.52. The van der Waals surface area contributed by atoms with Gasteiger partial charge in [0.25, 0.3) is 5.91 Å². The summed E-state index contributed by atoms with van der Waals surface area (Å²) in [7, 11) is 3.22. The van der Waals surface area contributed by atoms with E-state index in [1.807, 2.05) is 84.3 Å². The fourth-order valence-electron chi connectivity index (χ4n) is 3.33. The van der Waals surface area contributed by atoms with Crippen molar-refractivity contribution < 1.29 is 14.3 Å². The van der Waals surface area contributed by atoms with E-state index < -0.39 is 0 Å². The molecule has 0 radical (unpaired) electrons. The summed E-state index contributed by atoms with van der Waals surface area (Å²) in [6.45, 7) is 2.03. The van der Waals surface area contributed by atoms with Gasteiger partial charge in [0.15, 0.2) is 11.0 Å². The van der Waals surface area contributed by atoms with E-state index in [-0.39, 0.29) is 11.7 Å². The van der Waals surface area contributed by atoms with Crippen molar-refractivity contribution in [3.05, 3.63) is 83.9 Å². The molecule has 0 spiro atoms. The minimum atomic E-state index is -0.259. The first kappa shape index (κ1) is 24.0. The zero-order valence-electron chi connectivity index (χ0n) is 19.6. The molecule has 8 nitrogen and oxygen atoms in total. The molecular formula is C26H25N5O3S. The molecule has 0 atom stereocenters. The average Bonchev–Trinajstić information content (AvgIpc) is 3.32. The lowest BCUT2D eigenvalue weighted by Crippen LogP contribution is -2.20. The van der Waals surface area contributed by atoms with Gasteiger partial charge in [-0.05, 0) is 55.5 Å². The molecule has 0 unspecified atom stereocenters. The van der Waals surface area contributed by atoms with E-state index in [0.717, 1.165) is 28.1 Å². The Morgan fingerprint density at radius 1 is 1.00 bits per heavy atom. The third-order valence-corrected chi connectivity index (χ3v) is 6.07. The van der Waals surface area contributed by atoms with Crippen LogP contribution in [0.15, 0.2) is 83.1 Å². The van der Waals surface area contributed by atoms with Crippen molar-refractivity contribution in [2.45, 2.75) is 12.1 Å². The monoisotopic (exact) mass is 487 g/mol. The molecule has 1 aromatic heterocycles. The maximum atomic E-state index is 12.5. The summed E-state index contributed by atoms with van der Waals surface area (Å²) in [6, 6.07) is 23.1. The number of amides is 1. The summed E-state index contributed by atoms with van der Waals surface area (Å²) in [5, 5.41) is 13.4. The third-order valence-electron chi connectivity index (χ3n) is 5.14. The van der Waals surface area contributed by atoms with E-state index >= 15 is 0 Å². The average molecular weight is 488 g/mol. The van der Waals surface area contributed by atoms with Crippen LogP contribution in [0.1, 0.15) is 11.1 Å². The number of ether oxygens (including phenoxy) is 2. The zero-order chi connectivity index (χ0) is 24.6. The Morgan fingerprint density at radius 3 is 2.46 bits per heavy atom. The van der Waals surface area contributed by atoms with Crippen molar-refractivity contribution in [2.24, 2.45) is 5.10 Å². The Bertz CT molecular complexity index is 1320. The molecule has 0 aliphatic carbocycles. The first-order chi connectivity index (χ1) is 17.1. The molecule has 178 valence electrons. The van der Waals surface area contributed by atoms with Crippen LogP contribution in [-0.4, -0.2) is 46.9 Å². The SMILES string of the molecule is COc1ccc(-c2nnc(SCC(=O)N/N=C/c3ccccc3OC)n2-c2ccc(C)cc2)cc1. The van der Waals surface area contributed by atoms with Gasteiger partial charge in [0, 0.05) is 16.8 Å². The number of benzene rings is 3. The number of rotatable bonds is 9. The van der Waals surface area contributed by atoms with Crippen molar-refractivity contribution in [2.75, 3.05) is 20.0 Å². The van der Waals surface area contributed by atoms with Crippen molar-refractivity contribution in [3.63, 3.8) is 0 Å². The number of hydrogen-bond acceptors (Lipinski definition) is 7. The minimum Gasteiger partial charge on any atom is -0.497 e. The lowest BCUT2D eigenvalue weighted by molar-refractivity contribution is -0.118. The van der Waals surface area contributed by atoms with Crippen LogP contribution in [0.3, 0.4) is 0 Å². The lowest BCUT2D eigenvalue weighted by Gasteiger charge is -2.11. The number of methoxy groups -OCH3 is 2. The number of hydrogen-bond donors (Lipinski definition) is 1. The van der Waals surface area contributed by atoms with Gasteiger partial charge in [-0.2, -0.15) is 5.10 Å². The number of aromatic nitrogens is 3. The first-order valence-electron chi connectivity index (χ1n) is 10.8. The highest BCUT2D eigenvalue weighted by molar-refractivity contribution is 7.99. The van der Waals surface area contributed by atoms with Gasteiger partial charge < -0.3 is 9.47 Å². The molecule has 0 bridgehead atoms. The van der Waals surface area contributed by atoms with Crippen LogP contribution < -0.4 is 14.9 Å². The van der Waals surface area contributed by atoms with Crippen LogP contribution in [0.4, 0.5) is 0 Å². The standard InChI is InChI=1S/C26H25N5O3S/c1-18-8-12-21(13-9-18)31-25(19-10-14-22(33-2)15-11-19)29-30-26(31)35-17-24(32)28-27-16-20-6-4-5-7-23(20)34-3/h4-16H,17H2,1-3H3,(H,28,32)/b27-16+. The number of carbonyl (C=O) groups is 1. The van der Waals surface area contributed by atoms with Crippen LogP contribution >= 0.6 is 11.8 Å². The Morgan fingerprint density at radius 2 is 1.74 bits per heavy atom. The van der Waals surface area contributed by atoms with Crippen LogP contribution in [0.5, 0.6) is 11.5 Å². The van der Waals surface area contributed by atoms with E-state index in [1.165, 1.54) is 11.8 Å². The molecule has 0 saturated carbocycles. The molecule has 1 heterocycles. The van der Waals surface area contributed by atoms with Gasteiger partial charge in [-0.1, -0.05) is 41.6 Å². The molecule has 0 saturated heterocycles. The molecule has 0 aliphatic rings.